The summed E-state index contributed by atoms with van der Waals surface area (Å²) < 4.78 is 5.08. The van der Waals surface area contributed by atoms with Gasteiger partial charge in [0.1, 0.15) is 11.3 Å². The Morgan fingerprint density at radius 2 is 2.29 bits per heavy atom. The Morgan fingerprint density at radius 1 is 1.36 bits per heavy atom. The lowest BCUT2D eigenvalue weighted by molar-refractivity contribution is 0.454. The molecule has 5 heteroatoms. The molecule has 0 aliphatic rings. The molecule has 2 rings (SSSR count). The second kappa shape index (κ2) is 4.26. The number of aromatic nitrogens is 2. The van der Waals surface area contributed by atoms with Crippen molar-refractivity contribution < 1.29 is 4.42 Å². The van der Waals surface area contributed by atoms with Gasteiger partial charge in [-0.2, -0.15) is 0 Å². The lowest BCUT2D eigenvalue weighted by atomic mass is 10.3. The summed E-state index contributed by atoms with van der Waals surface area (Å²) in [4.78, 5) is 8.19. The van der Waals surface area contributed by atoms with Gasteiger partial charge in [0, 0.05) is 12.7 Å². The van der Waals surface area contributed by atoms with Crippen molar-refractivity contribution in [2.24, 2.45) is 5.73 Å². The Kier molecular flexibility index (Phi) is 2.81. The van der Waals surface area contributed by atoms with Crippen molar-refractivity contribution >= 4 is 11.8 Å². The average molecular weight is 207 g/mol. The highest BCUT2D eigenvalue weighted by Crippen LogP contribution is 2.23. The standard InChI is InChI=1S/C9H9N3OS/c10-5-7-1-2-8(12-6-7)14-9-11-3-4-13-9/h1-4,6H,5,10H2. The second-order valence-electron chi connectivity index (χ2n) is 2.61. The third kappa shape index (κ3) is 2.12. The fourth-order valence-electron chi connectivity index (χ4n) is 0.942. The first-order chi connectivity index (χ1) is 6.88. The molecule has 0 radical (unpaired) electrons. The Labute approximate surface area is 85.6 Å². The summed E-state index contributed by atoms with van der Waals surface area (Å²) in [6.45, 7) is 0.511. The first-order valence-corrected chi connectivity index (χ1v) is 4.92. The van der Waals surface area contributed by atoms with Crippen LogP contribution in [-0.4, -0.2) is 9.97 Å². The normalized spacial score (nSPS) is 10.4. The Balaban J connectivity index is 2.10. The molecule has 0 bridgehead atoms. The zero-order valence-corrected chi connectivity index (χ0v) is 8.20. The predicted octanol–water partition coefficient (Wildman–Crippen LogP) is 1.68. The van der Waals surface area contributed by atoms with E-state index in [2.05, 4.69) is 9.97 Å². The van der Waals surface area contributed by atoms with Gasteiger partial charge >= 0.3 is 0 Å². The first kappa shape index (κ1) is 9.23. The van der Waals surface area contributed by atoms with Crippen LogP contribution in [0.25, 0.3) is 0 Å². The Bertz CT molecular complexity index is 385. The van der Waals surface area contributed by atoms with E-state index in [1.165, 1.54) is 18.0 Å². The Morgan fingerprint density at radius 3 is 2.86 bits per heavy atom. The van der Waals surface area contributed by atoms with Gasteiger partial charge in [0.15, 0.2) is 0 Å². The minimum atomic E-state index is 0.511. The van der Waals surface area contributed by atoms with E-state index in [0.717, 1.165) is 10.6 Å². The maximum absolute atomic E-state index is 5.46. The minimum Gasteiger partial charge on any atom is -0.440 e. The summed E-state index contributed by atoms with van der Waals surface area (Å²) in [5, 5.41) is 1.45. The lowest BCUT2D eigenvalue weighted by Crippen LogP contribution is -1.96. The highest BCUT2D eigenvalue weighted by Gasteiger charge is 2.01. The van der Waals surface area contributed by atoms with E-state index >= 15 is 0 Å². The molecule has 2 aromatic rings. The summed E-state index contributed by atoms with van der Waals surface area (Å²) in [6.07, 6.45) is 4.90. The molecule has 0 saturated heterocycles. The summed E-state index contributed by atoms with van der Waals surface area (Å²) in [5.74, 6) is 0. The van der Waals surface area contributed by atoms with Crippen LogP contribution in [0.2, 0.25) is 0 Å². The SMILES string of the molecule is NCc1ccc(Sc2ncco2)nc1. The maximum Gasteiger partial charge on any atom is 0.261 e. The molecule has 4 nitrogen and oxygen atoms in total. The summed E-state index contributed by atoms with van der Waals surface area (Å²) in [7, 11) is 0. The summed E-state index contributed by atoms with van der Waals surface area (Å²) in [5.41, 5.74) is 6.47. The molecule has 72 valence electrons. The van der Waals surface area contributed by atoms with Crippen molar-refractivity contribution in [3.05, 3.63) is 36.4 Å². The predicted molar refractivity (Wildman–Crippen MR) is 52.8 cm³/mol. The van der Waals surface area contributed by atoms with E-state index in [9.17, 15) is 0 Å². The molecule has 2 heterocycles. The van der Waals surface area contributed by atoms with Crippen molar-refractivity contribution in [3.63, 3.8) is 0 Å². The van der Waals surface area contributed by atoms with E-state index in [0.29, 0.717) is 11.8 Å². The number of nitrogens with zero attached hydrogens (tertiary/aromatic N) is 2. The molecule has 2 N–H and O–H groups in total. The molecule has 0 amide bonds. The lowest BCUT2D eigenvalue weighted by Gasteiger charge is -1.97. The maximum atomic E-state index is 5.46. The van der Waals surface area contributed by atoms with Gasteiger partial charge in [0.25, 0.3) is 5.22 Å². The quantitative estimate of drug-likeness (QED) is 0.829. The van der Waals surface area contributed by atoms with Crippen molar-refractivity contribution in [2.75, 3.05) is 0 Å². The van der Waals surface area contributed by atoms with Gasteiger partial charge in [-0.1, -0.05) is 6.07 Å². The molecule has 0 unspecified atom stereocenters. The van der Waals surface area contributed by atoms with Crippen LogP contribution in [-0.2, 0) is 6.54 Å². The highest BCUT2D eigenvalue weighted by molar-refractivity contribution is 7.99. The molecule has 0 aliphatic carbocycles. The van der Waals surface area contributed by atoms with Crippen molar-refractivity contribution in [1.29, 1.82) is 0 Å². The second-order valence-corrected chi connectivity index (χ2v) is 3.58. The first-order valence-electron chi connectivity index (χ1n) is 4.11. The van der Waals surface area contributed by atoms with Gasteiger partial charge < -0.3 is 10.2 Å². The van der Waals surface area contributed by atoms with Gasteiger partial charge in [-0.25, -0.2) is 9.97 Å². The number of hydrogen-bond donors (Lipinski definition) is 1. The zero-order chi connectivity index (χ0) is 9.80. The third-order valence-electron chi connectivity index (χ3n) is 1.63. The van der Waals surface area contributed by atoms with E-state index < -0.39 is 0 Å². The van der Waals surface area contributed by atoms with Crippen LogP contribution < -0.4 is 5.73 Å². The largest absolute Gasteiger partial charge is 0.440 e. The number of nitrogens with two attached hydrogens (primary N) is 1. The number of rotatable bonds is 3. The molecular formula is C9H9N3OS. The smallest absolute Gasteiger partial charge is 0.261 e. The van der Waals surface area contributed by atoms with Crippen molar-refractivity contribution in [1.82, 2.24) is 9.97 Å². The zero-order valence-electron chi connectivity index (χ0n) is 7.38. The van der Waals surface area contributed by atoms with Crippen LogP contribution in [0.5, 0.6) is 0 Å². The van der Waals surface area contributed by atoms with Crippen LogP contribution in [0.1, 0.15) is 5.56 Å². The summed E-state index contributed by atoms with van der Waals surface area (Å²) >= 11 is 1.38. The molecule has 0 fully saturated rings. The molecule has 14 heavy (non-hydrogen) atoms. The average Bonchev–Trinajstić information content (AvgIpc) is 2.72. The molecule has 0 saturated carbocycles. The Hall–Kier alpha value is -1.33. The van der Waals surface area contributed by atoms with Gasteiger partial charge in [-0.15, -0.1) is 0 Å². The summed E-state index contributed by atoms with van der Waals surface area (Å²) in [6, 6.07) is 3.84. The third-order valence-corrected chi connectivity index (χ3v) is 2.46. The molecular weight excluding hydrogens is 198 g/mol. The monoisotopic (exact) mass is 207 g/mol. The number of hydrogen-bond acceptors (Lipinski definition) is 5. The molecule has 0 aromatic carbocycles. The van der Waals surface area contributed by atoms with Crippen LogP contribution in [0.3, 0.4) is 0 Å². The van der Waals surface area contributed by atoms with Gasteiger partial charge in [-0.3, -0.25) is 0 Å². The molecule has 0 spiro atoms. The van der Waals surface area contributed by atoms with Crippen molar-refractivity contribution in [2.45, 2.75) is 16.8 Å². The fraction of sp³-hybridized carbons (Fsp3) is 0.111. The van der Waals surface area contributed by atoms with Crippen molar-refractivity contribution in [3.8, 4) is 0 Å². The van der Waals surface area contributed by atoms with Crippen LogP contribution in [0, 0.1) is 0 Å². The van der Waals surface area contributed by atoms with Crippen LogP contribution in [0.4, 0.5) is 0 Å². The molecule has 0 aliphatic heterocycles. The van der Waals surface area contributed by atoms with Gasteiger partial charge in [-0.05, 0) is 23.4 Å². The van der Waals surface area contributed by atoms with E-state index in [1.807, 2.05) is 12.1 Å². The minimum absolute atomic E-state index is 0.511. The van der Waals surface area contributed by atoms with Gasteiger partial charge in [0.2, 0.25) is 0 Å². The van der Waals surface area contributed by atoms with Crippen LogP contribution in [0.15, 0.2) is 45.5 Å². The van der Waals surface area contributed by atoms with E-state index in [-0.39, 0.29) is 0 Å². The molecule has 0 atom stereocenters. The van der Waals surface area contributed by atoms with Crippen LogP contribution >= 0.6 is 11.8 Å². The van der Waals surface area contributed by atoms with E-state index in [1.54, 1.807) is 12.4 Å². The fourth-order valence-corrected chi connectivity index (χ4v) is 1.58. The highest BCUT2D eigenvalue weighted by atomic mass is 32.2. The van der Waals surface area contributed by atoms with Gasteiger partial charge in [0.05, 0.1) is 6.20 Å². The number of pyridine rings is 1. The van der Waals surface area contributed by atoms with E-state index in [4.69, 9.17) is 10.2 Å². The number of oxazole rings is 1. The molecule has 2 aromatic heterocycles. The topological polar surface area (TPSA) is 64.9 Å².